The van der Waals surface area contributed by atoms with Crippen molar-refractivity contribution in [2.24, 2.45) is 0 Å². The Balaban J connectivity index is 2.93. The summed E-state index contributed by atoms with van der Waals surface area (Å²) in [5.41, 5.74) is -1.52. The zero-order chi connectivity index (χ0) is 14.9. The second-order valence-electron chi connectivity index (χ2n) is 3.98. The first-order valence-electron chi connectivity index (χ1n) is 5.89. The van der Waals surface area contributed by atoms with Crippen LogP contribution in [-0.4, -0.2) is 33.1 Å². The molecule has 0 aromatic carbocycles. The summed E-state index contributed by atoms with van der Waals surface area (Å²) < 4.78 is 5.47. The fourth-order valence-electron chi connectivity index (χ4n) is 1.88. The Morgan fingerprint density at radius 1 is 1.45 bits per heavy atom. The van der Waals surface area contributed by atoms with Gasteiger partial charge in [0.1, 0.15) is 5.75 Å². The first kappa shape index (κ1) is 13.7. The number of esters is 1. The van der Waals surface area contributed by atoms with Crippen molar-refractivity contribution in [2.45, 2.75) is 13.8 Å². The van der Waals surface area contributed by atoms with Gasteiger partial charge in [-0.2, -0.15) is 0 Å². The molecule has 0 unspecified atom stereocenters. The van der Waals surface area contributed by atoms with Crippen LogP contribution in [0.4, 0.5) is 0 Å². The van der Waals surface area contributed by atoms with Crippen LogP contribution < -0.4 is 5.56 Å². The number of fused-ring (bicyclic) bond motifs is 1. The van der Waals surface area contributed by atoms with E-state index in [2.05, 4.69) is 4.98 Å². The van der Waals surface area contributed by atoms with E-state index < -0.39 is 28.7 Å². The van der Waals surface area contributed by atoms with E-state index in [1.165, 1.54) is 25.3 Å². The smallest absolute Gasteiger partial charge is 0.347 e. The Hall–Kier alpha value is -2.70. The molecule has 2 rings (SSSR count). The zero-order valence-corrected chi connectivity index (χ0v) is 10.9. The van der Waals surface area contributed by atoms with Crippen molar-refractivity contribution in [1.82, 2.24) is 9.55 Å². The van der Waals surface area contributed by atoms with E-state index in [-0.39, 0.29) is 17.6 Å². The van der Waals surface area contributed by atoms with Gasteiger partial charge in [-0.25, -0.2) is 14.3 Å². The van der Waals surface area contributed by atoms with E-state index >= 15 is 0 Å². The maximum atomic E-state index is 12.2. The lowest BCUT2D eigenvalue weighted by Gasteiger charge is -2.10. The molecule has 0 aliphatic carbocycles. The fourth-order valence-corrected chi connectivity index (χ4v) is 1.88. The maximum absolute atomic E-state index is 12.2. The monoisotopic (exact) mass is 276 g/mol. The van der Waals surface area contributed by atoms with E-state index in [1.807, 2.05) is 0 Å². The van der Waals surface area contributed by atoms with Gasteiger partial charge in [-0.05, 0) is 19.1 Å². The molecule has 2 heterocycles. The van der Waals surface area contributed by atoms with E-state index in [0.29, 0.717) is 0 Å². The molecule has 0 atom stereocenters. The molecule has 0 bridgehead atoms. The number of hydrogen-bond acceptors (Lipinski definition) is 6. The number of ether oxygens (including phenoxy) is 1. The summed E-state index contributed by atoms with van der Waals surface area (Å²) in [4.78, 5) is 39.5. The van der Waals surface area contributed by atoms with Crippen LogP contribution in [0, 0.1) is 0 Å². The van der Waals surface area contributed by atoms with Crippen molar-refractivity contribution in [3.8, 4) is 5.75 Å². The highest BCUT2D eigenvalue weighted by Crippen LogP contribution is 2.25. The number of rotatable bonds is 2. The lowest BCUT2D eigenvalue weighted by Crippen LogP contribution is -2.31. The molecule has 2 aromatic heterocycles. The predicted octanol–water partition coefficient (Wildman–Crippen LogP) is 0.939. The van der Waals surface area contributed by atoms with Crippen LogP contribution in [0.3, 0.4) is 0 Å². The third kappa shape index (κ3) is 2.03. The zero-order valence-electron chi connectivity index (χ0n) is 10.9. The summed E-state index contributed by atoms with van der Waals surface area (Å²) in [5.74, 6) is -2.12. The molecule has 0 radical (unpaired) electrons. The molecular weight excluding hydrogens is 264 g/mol. The number of nitrogens with zero attached hydrogens (tertiary/aromatic N) is 2. The second-order valence-corrected chi connectivity index (χ2v) is 3.98. The van der Waals surface area contributed by atoms with E-state index in [1.54, 1.807) is 6.92 Å². The normalized spacial score (nSPS) is 10.5. The summed E-state index contributed by atoms with van der Waals surface area (Å²) in [6.45, 7) is 2.78. The van der Waals surface area contributed by atoms with Gasteiger partial charge < -0.3 is 9.84 Å². The first-order valence-corrected chi connectivity index (χ1v) is 5.89. The molecule has 0 saturated heterocycles. The van der Waals surface area contributed by atoms with Gasteiger partial charge in [0.15, 0.2) is 11.2 Å². The Morgan fingerprint density at radius 3 is 2.75 bits per heavy atom. The third-order valence-corrected chi connectivity index (χ3v) is 2.70. The highest BCUT2D eigenvalue weighted by molar-refractivity contribution is 6.01. The molecule has 0 aliphatic heterocycles. The van der Waals surface area contributed by atoms with Crippen molar-refractivity contribution in [3.05, 3.63) is 34.2 Å². The molecule has 1 N–H and O–H groups in total. The number of carbonyl (C=O) groups excluding carboxylic acids is 2. The second kappa shape index (κ2) is 5.12. The Morgan fingerprint density at radius 2 is 2.15 bits per heavy atom. The van der Waals surface area contributed by atoms with Gasteiger partial charge in [0, 0.05) is 13.1 Å². The predicted molar refractivity (Wildman–Crippen MR) is 69.9 cm³/mol. The van der Waals surface area contributed by atoms with E-state index in [0.717, 1.165) is 4.57 Å². The van der Waals surface area contributed by atoms with Crippen LogP contribution in [-0.2, 0) is 4.74 Å². The lowest BCUT2D eigenvalue weighted by molar-refractivity contribution is 0.0521. The van der Waals surface area contributed by atoms with Crippen molar-refractivity contribution in [3.63, 3.8) is 0 Å². The van der Waals surface area contributed by atoms with Gasteiger partial charge in [0.25, 0.3) is 5.56 Å². The molecule has 0 spiro atoms. The first-order chi connectivity index (χ1) is 9.49. The minimum absolute atomic E-state index is 0.00412. The van der Waals surface area contributed by atoms with Crippen LogP contribution in [0.5, 0.6) is 5.75 Å². The van der Waals surface area contributed by atoms with Crippen molar-refractivity contribution in [2.75, 3.05) is 6.61 Å². The number of aromatic hydroxyl groups is 1. The molecule has 0 aliphatic rings. The summed E-state index contributed by atoms with van der Waals surface area (Å²) in [6, 6.07) is 2.98. The largest absolute Gasteiger partial charge is 0.506 e. The summed E-state index contributed by atoms with van der Waals surface area (Å²) in [7, 11) is 0. The van der Waals surface area contributed by atoms with Crippen molar-refractivity contribution in [1.29, 1.82) is 0 Å². The van der Waals surface area contributed by atoms with Gasteiger partial charge in [-0.15, -0.1) is 0 Å². The SMILES string of the molecule is CCOC(=O)c1c(O)c2cccnc2n(C(C)=O)c1=O. The van der Waals surface area contributed by atoms with Crippen molar-refractivity contribution >= 4 is 22.9 Å². The lowest BCUT2D eigenvalue weighted by atomic mass is 10.1. The minimum Gasteiger partial charge on any atom is -0.506 e. The molecule has 0 saturated carbocycles. The Labute approximate surface area is 113 Å². The van der Waals surface area contributed by atoms with Gasteiger partial charge in [0.05, 0.1) is 12.0 Å². The Bertz CT molecular complexity index is 763. The standard InChI is InChI=1S/C13H12N2O5/c1-3-20-13(19)9-10(17)8-5-4-6-14-11(8)15(7(2)16)12(9)18/h4-6,17H,3H2,1-2H3. The maximum Gasteiger partial charge on any atom is 0.347 e. The quantitative estimate of drug-likeness (QED) is 0.819. The van der Waals surface area contributed by atoms with E-state index in [4.69, 9.17) is 4.74 Å². The van der Waals surface area contributed by atoms with Crippen LogP contribution in [0.2, 0.25) is 0 Å². The Kier molecular flexibility index (Phi) is 3.51. The number of hydrogen-bond donors (Lipinski definition) is 1. The van der Waals surface area contributed by atoms with Gasteiger partial charge >= 0.3 is 5.97 Å². The third-order valence-electron chi connectivity index (χ3n) is 2.70. The summed E-state index contributed by atoms with van der Waals surface area (Å²) in [6.07, 6.45) is 1.38. The highest BCUT2D eigenvalue weighted by atomic mass is 16.5. The molecule has 2 aromatic rings. The summed E-state index contributed by atoms with van der Waals surface area (Å²) in [5, 5.41) is 10.2. The molecule has 104 valence electrons. The number of aromatic nitrogens is 2. The number of pyridine rings is 2. The van der Waals surface area contributed by atoms with Crippen LogP contribution in [0.25, 0.3) is 11.0 Å². The molecule has 0 fully saturated rings. The van der Waals surface area contributed by atoms with Crippen molar-refractivity contribution < 1.29 is 19.4 Å². The molecule has 20 heavy (non-hydrogen) atoms. The molecular formula is C13H12N2O5. The summed E-state index contributed by atoms with van der Waals surface area (Å²) >= 11 is 0. The van der Waals surface area contributed by atoms with Crippen LogP contribution >= 0.6 is 0 Å². The van der Waals surface area contributed by atoms with Gasteiger partial charge in [0.2, 0.25) is 5.91 Å². The topological polar surface area (TPSA) is 98.5 Å². The number of carbonyl (C=O) groups is 2. The average molecular weight is 276 g/mol. The minimum atomic E-state index is -0.976. The van der Waals surface area contributed by atoms with Gasteiger partial charge in [-0.1, -0.05) is 0 Å². The van der Waals surface area contributed by atoms with Crippen LogP contribution in [0.1, 0.15) is 29.0 Å². The van der Waals surface area contributed by atoms with Crippen LogP contribution in [0.15, 0.2) is 23.1 Å². The molecule has 0 amide bonds. The molecule has 7 heteroatoms. The van der Waals surface area contributed by atoms with Gasteiger partial charge in [-0.3, -0.25) is 9.59 Å². The molecule has 7 nitrogen and oxygen atoms in total. The van der Waals surface area contributed by atoms with E-state index in [9.17, 15) is 19.5 Å². The highest BCUT2D eigenvalue weighted by Gasteiger charge is 2.24. The average Bonchev–Trinajstić information content (AvgIpc) is 2.38. The fraction of sp³-hybridized carbons (Fsp3) is 0.231.